The molecule has 4 rings (SSSR count). The molecule has 6 heteroatoms. The van der Waals surface area contributed by atoms with Crippen LogP contribution in [0.15, 0.2) is 73.1 Å². The number of nitrogens with zero attached hydrogens (tertiary/aromatic N) is 1. The van der Waals surface area contributed by atoms with E-state index < -0.39 is 11.8 Å². The monoisotopic (exact) mass is 346 g/mol. The number of hydrogen-bond donors (Lipinski definition) is 3. The number of carbonyl (C=O) groups is 1. The average Bonchev–Trinajstić information content (AvgIpc) is 3.06. The second-order valence-electron chi connectivity index (χ2n) is 5.77. The fourth-order valence-corrected chi connectivity index (χ4v) is 2.77. The smallest absolute Gasteiger partial charge is 0.323 e. The van der Waals surface area contributed by atoms with E-state index in [1.54, 1.807) is 12.3 Å². The number of halogens is 1. The van der Waals surface area contributed by atoms with Crippen LogP contribution < -0.4 is 10.6 Å². The standard InChI is InChI=1S/C20H15FN4O/c21-14-3-1-4-16(11-14)25-20(26)24-15-8-6-13(7-9-15)17-12-23-18-5-2-10-22-19(17)18/h1-12,23H,(H2,24,25,26). The maximum atomic E-state index is 13.2. The normalized spacial score (nSPS) is 10.7. The highest BCUT2D eigenvalue weighted by molar-refractivity contribution is 6.00. The van der Waals surface area contributed by atoms with E-state index in [0.717, 1.165) is 22.2 Å². The van der Waals surface area contributed by atoms with Crippen molar-refractivity contribution in [2.24, 2.45) is 0 Å². The highest BCUT2D eigenvalue weighted by atomic mass is 19.1. The number of benzene rings is 2. The molecule has 0 atom stereocenters. The van der Waals surface area contributed by atoms with Gasteiger partial charge < -0.3 is 15.6 Å². The van der Waals surface area contributed by atoms with Gasteiger partial charge in [0, 0.05) is 29.3 Å². The molecule has 0 radical (unpaired) electrons. The summed E-state index contributed by atoms with van der Waals surface area (Å²) in [6.45, 7) is 0. The lowest BCUT2D eigenvalue weighted by Crippen LogP contribution is -2.19. The van der Waals surface area contributed by atoms with Gasteiger partial charge in [-0.15, -0.1) is 0 Å². The van der Waals surface area contributed by atoms with Crippen molar-refractivity contribution in [2.75, 3.05) is 10.6 Å². The summed E-state index contributed by atoms with van der Waals surface area (Å²) >= 11 is 0. The number of fused-ring (bicyclic) bond motifs is 1. The fourth-order valence-electron chi connectivity index (χ4n) is 2.77. The lowest BCUT2D eigenvalue weighted by atomic mass is 10.1. The highest BCUT2D eigenvalue weighted by Crippen LogP contribution is 2.27. The van der Waals surface area contributed by atoms with Gasteiger partial charge in [-0.2, -0.15) is 0 Å². The van der Waals surface area contributed by atoms with Gasteiger partial charge in [0.1, 0.15) is 5.82 Å². The largest absolute Gasteiger partial charge is 0.359 e. The van der Waals surface area contributed by atoms with E-state index in [9.17, 15) is 9.18 Å². The summed E-state index contributed by atoms with van der Waals surface area (Å²) in [5, 5.41) is 5.32. The number of H-pyrrole nitrogens is 1. The Morgan fingerprint density at radius 1 is 0.962 bits per heavy atom. The molecule has 0 unspecified atom stereocenters. The molecule has 2 amide bonds. The second-order valence-corrected chi connectivity index (χ2v) is 5.77. The van der Waals surface area contributed by atoms with Gasteiger partial charge >= 0.3 is 6.03 Å². The minimum atomic E-state index is -0.433. The lowest BCUT2D eigenvalue weighted by molar-refractivity contribution is 0.262. The van der Waals surface area contributed by atoms with Crippen LogP contribution in [0, 0.1) is 5.82 Å². The van der Waals surface area contributed by atoms with Gasteiger partial charge in [-0.3, -0.25) is 4.98 Å². The Labute approximate surface area is 148 Å². The van der Waals surface area contributed by atoms with Crippen LogP contribution >= 0.6 is 0 Å². The first-order chi connectivity index (χ1) is 12.7. The molecule has 0 spiro atoms. The van der Waals surface area contributed by atoms with Gasteiger partial charge in [0.05, 0.1) is 11.0 Å². The van der Waals surface area contributed by atoms with E-state index in [0.29, 0.717) is 11.4 Å². The Balaban J connectivity index is 1.48. The van der Waals surface area contributed by atoms with Crippen LogP contribution in [-0.4, -0.2) is 16.0 Å². The Hall–Kier alpha value is -3.67. The predicted octanol–water partition coefficient (Wildman–Crippen LogP) is 5.01. The number of rotatable bonds is 3. The molecule has 2 heterocycles. The predicted molar refractivity (Wildman–Crippen MR) is 101 cm³/mol. The Kier molecular flexibility index (Phi) is 4.07. The highest BCUT2D eigenvalue weighted by Gasteiger charge is 2.08. The molecule has 0 aliphatic rings. The van der Waals surface area contributed by atoms with E-state index in [2.05, 4.69) is 20.6 Å². The summed E-state index contributed by atoms with van der Waals surface area (Å²) in [5.74, 6) is -0.403. The molecule has 0 aliphatic heterocycles. The molecule has 0 saturated heterocycles. The van der Waals surface area contributed by atoms with Crippen molar-refractivity contribution in [1.82, 2.24) is 9.97 Å². The zero-order valence-electron chi connectivity index (χ0n) is 13.7. The van der Waals surface area contributed by atoms with Gasteiger partial charge in [-0.25, -0.2) is 9.18 Å². The maximum Gasteiger partial charge on any atom is 0.323 e. The number of urea groups is 1. The zero-order valence-corrected chi connectivity index (χ0v) is 13.7. The topological polar surface area (TPSA) is 69.8 Å². The average molecular weight is 346 g/mol. The third kappa shape index (κ3) is 3.25. The number of nitrogens with one attached hydrogen (secondary N) is 3. The van der Waals surface area contributed by atoms with Gasteiger partial charge in [0.2, 0.25) is 0 Å². The van der Waals surface area contributed by atoms with Crippen molar-refractivity contribution in [3.05, 3.63) is 78.9 Å². The van der Waals surface area contributed by atoms with Crippen LogP contribution in [0.3, 0.4) is 0 Å². The van der Waals surface area contributed by atoms with E-state index in [1.807, 2.05) is 42.6 Å². The Morgan fingerprint density at radius 3 is 2.58 bits per heavy atom. The minimum absolute atomic E-state index is 0.393. The second kappa shape index (κ2) is 6.68. The van der Waals surface area contributed by atoms with Crippen molar-refractivity contribution in [3.8, 4) is 11.1 Å². The van der Waals surface area contributed by atoms with Crippen molar-refractivity contribution in [3.63, 3.8) is 0 Å². The number of amides is 2. The molecule has 3 N–H and O–H groups in total. The van der Waals surface area contributed by atoms with Crippen molar-refractivity contribution in [2.45, 2.75) is 0 Å². The molecular formula is C20H15FN4O. The molecule has 5 nitrogen and oxygen atoms in total. The van der Waals surface area contributed by atoms with Crippen molar-refractivity contribution >= 4 is 28.4 Å². The van der Waals surface area contributed by atoms with Crippen LogP contribution in [0.5, 0.6) is 0 Å². The van der Waals surface area contributed by atoms with Crippen LogP contribution in [0.4, 0.5) is 20.6 Å². The first-order valence-corrected chi connectivity index (χ1v) is 8.05. The number of aromatic amines is 1. The minimum Gasteiger partial charge on any atom is -0.359 e. The van der Waals surface area contributed by atoms with E-state index >= 15 is 0 Å². The number of hydrogen-bond acceptors (Lipinski definition) is 2. The molecule has 2 aromatic heterocycles. The van der Waals surface area contributed by atoms with Gasteiger partial charge in [0.15, 0.2) is 0 Å². The third-order valence-corrected chi connectivity index (χ3v) is 3.97. The summed E-state index contributed by atoms with van der Waals surface area (Å²) in [6, 6.07) is 16.6. The van der Waals surface area contributed by atoms with Crippen LogP contribution in [0.1, 0.15) is 0 Å². The van der Waals surface area contributed by atoms with E-state index in [1.165, 1.54) is 18.2 Å². The van der Waals surface area contributed by atoms with Gasteiger partial charge in [-0.05, 0) is 48.0 Å². The third-order valence-electron chi connectivity index (χ3n) is 3.97. The SMILES string of the molecule is O=C(Nc1ccc(-c2c[nH]c3cccnc23)cc1)Nc1cccc(F)c1. The molecule has 0 fully saturated rings. The van der Waals surface area contributed by atoms with E-state index in [-0.39, 0.29) is 0 Å². The lowest BCUT2D eigenvalue weighted by Gasteiger charge is -2.08. The fraction of sp³-hybridized carbons (Fsp3) is 0. The van der Waals surface area contributed by atoms with Crippen molar-refractivity contribution in [1.29, 1.82) is 0 Å². The molecular weight excluding hydrogens is 331 g/mol. The summed E-state index contributed by atoms with van der Waals surface area (Å²) in [7, 11) is 0. The van der Waals surface area contributed by atoms with Crippen LogP contribution in [0.2, 0.25) is 0 Å². The maximum absolute atomic E-state index is 13.2. The Bertz CT molecular complexity index is 1070. The summed E-state index contributed by atoms with van der Waals surface area (Å²) < 4.78 is 13.2. The molecule has 26 heavy (non-hydrogen) atoms. The number of carbonyl (C=O) groups excluding carboxylic acids is 1. The summed E-state index contributed by atoms with van der Waals surface area (Å²) in [4.78, 5) is 19.6. The molecule has 2 aromatic carbocycles. The quantitative estimate of drug-likeness (QED) is 0.488. The molecule has 0 bridgehead atoms. The van der Waals surface area contributed by atoms with E-state index in [4.69, 9.17) is 0 Å². The first-order valence-electron chi connectivity index (χ1n) is 8.05. The number of aromatic nitrogens is 2. The molecule has 128 valence electrons. The molecule has 4 aromatic rings. The van der Waals surface area contributed by atoms with Crippen LogP contribution in [0.25, 0.3) is 22.2 Å². The van der Waals surface area contributed by atoms with Gasteiger partial charge in [-0.1, -0.05) is 18.2 Å². The summed E-state index contributed by atoms with van der Waals surface area (Å²) in [5.41, 5.74) is 4.89. The van der Waals surface area contributed by atoms with Crippen LogP contribution in [-0.2, 0) is 0 Å². The van der Waals surface area contributed by atoms with Crippen molar-refractivity contribution < 1.29 is 9.18 Å². The molecule has 0 saturated carbocycles. The Morgan fingerprint density at radius 2 is 1.77 bits per heavy atom. The summed E-state index contributed by atoms with van der Waals surface area (Å²) in [6.07, 6.45) is 3.67. The molecule has 0 aliphatic carbocycles. The van der Waals surface area contributed by atoms with Gasteiger partial charge in [0.25, 0.3) is 0 Å². The zero-order chi connectivity index (χ0) is 17.9. The first kappa shape index (κ1) is 15.8. The number of pyridine rings is 1. The number of anilines is 2.